The summed E-state index contributed by atoms with van der Waals surface area (Å²) in [4.78, 5) is 23.4. The van der Waals surface area contributed by atoms with Crippen molar-refractivity contribution in [2.24, 2.45) is 0 Å². The molecule has 0 aliphatic heterocycles. The predicted molar refractivity (Wildman–Crippen MR) is 127 cm³/mol. The molecule has 3 heterocycles. The van der Waals surface area contributed by atoms with Crippen molar-refractivity contribution in [1.82, 2.24) is 15.3 Å². The number of carbonyl (C=O) groups excluding carboxylic acids is 1. The largest absolute Gasteiger partial charge is 0.391 e. The number of nitrogens with one attached hydrogen (secondary N) is 2. The maximum atomic E-state index is 13.5. The minimum Gasteiger partial charge on any atom is -0.391 e. The zero-order chi connectivity index (χ0) is 23.0. The Balaban J connectivity index is 1.53. The van der Waals surface area contributed by atoms with Crippen LogP contribution in [0.5, 0.6) is 0 Å². The third-order valence-corrected chi connectivity index (χ3v) is 6.07. The molecule has 0 unspecified atom stereocenters. The number of nitrogens with zero attached hydrogens (tertiary/aromatic N) is 2. The molecule has 0 saturated heterocycles. The number of rotatable bonds is 9. The number of pyridine rings is 2. The molecule has 0 atom stereocenters. The van der Waals surface area contributed by atoms with E-state index in [1.807, 2.05) is 30.3 Å². The van der Waals surface area contributed by atoms with Gasteiger partial charge in [-0.25, -0.2) is 9.37 Å². The summed E-state index contributed by atoms with van der Waals surface area (Å²) in [7, 11) is 0. The lowest BCUT2D eigenvalue weighted by atomic mass is 10.1. The van der Waals surface area contributed by atoms with Crippen LogP contribution >= 0.6 is 11.3 Å². The van der Waals surface area contributed by atoms with Gasteiger partial charge in [-0.2, -0.15) is 0 Å². The van der Waals surface area contributed by atoms with E-state index in [9.17, 15) is 14.3 Å². The summed E-state index contributed by atoms with van der Waals surface area (Å²) >= 11 is 1.45. The Labute approximate surface area is 195 Å². The van der Waals surface area contributed by atoms with Crippen molar-refractivity contribution in [3.8, 4) is 10.6 Å². The molecule has 4 aromatic rings. The summed E-state index contributed by atoms with van der Waals surface area (Å²) in [6.45, 7) is 0.801. The average molecular weight is 463 g/mol. The van der Waals surface area contributed by atoms with Gasteiger partial charge in [-0.3, -0.25) is 9.78 Å². The minimum atomic E-state index is -0.277. The molecule has 0 radical (unpaired) electrons. The van der Waals surface area contributed by atoms with Gasteiger partial charge in [0.15, 0.2) is 0 Å². The van der Waals surface area contributed by atoms with Gasteiger partial charge in [0.25, 0.3) is 5.91 Å². The zero-order valence-electron chi connectivity index (χ0n) is 17.8. The lowest BCUT2D eigenvalue weighted by Gasteiger charge is -2.13. The molecule has 4 rings (SSSR count). The fraction of sp³-hybridized carbons (Fsp3) is 0.160. The van der Waals surface area contributed by atoms with E-state index in [1.54, 1.807) is 30.6 Å². The van der Waals surface area contributed by atoms with Crippen molar-refractivity contribution in [2.45, 2.75) is 19.6 Å². The van der Waals surface area contributed by atoms with Crippen LogP contribution in [0.15, 0.2) is 73.1 Å². The molecule has 0 saturated carbocycles. The maximum Gasteiger partial charge on any atom is 0.255 e. The van der Waals surface area contributed by atoms with Gasteiger partial charge in [0.1, 0.15) is 11.6 Å². The second-order valence-electron chi connectivity index (χ2n) is 7.37. The number of aliphatic hydroxyl groups excluding tert-OH is 1. The van der Waals surface area contributed by atoms with E-state index in [2.05, 4.69) is 20.6 Å². The molecule has 33 heavy (non-hydrogen) atoms. The normalized spacial score (nSPS) is 10.7. The molecule has 0 aliphatic carbocycles. The van der Waals surface area contributed by atoms with Crippen LogP contribution in [0.25, 0.3) is 10.6 Å². The molecule has 168 valence electrons. The molecule has 1 aromatic carbocycles. The van der Waals surface area contributed by atoms with Gasteiger partial charge in [0.2, 0.25) is 0 Å². The van der Waals surface area contributed by atoms with Gasteiger partial charge in [-0.05, 0) is 60.0 Å². The van der Waals surface area contributed by atoms with E-state index >= 15 is 0 Å². The fourth-order valence-corrected chi connectivity index (χ4v) is 4.15. The van der Waals surface area contributed by atoms with Crippen LogP contribution < -0.4 is 10.6 Å². The number of hydrogen-bond donors (Lipinski definition) is 3. The van der Waals surface area contributed by atoms with Crippen LogP contribution in [0.2, 0.25) is 0 Å². The quantitative estimate of drug-likeness (QED) is 0.343. The van der Waals surface area contributed by atoms with Crippen molar-refractivity contribution in [3.63, 3.8) is 0 Å². The SMILES string of the molecule is O=C(NCc1cccnc1)c1ccc(-c2ccc(CO)s2)nc1NCCc1cccc(F)c1. The second kappa shape index (κ2) is 10.8. The summed E-state index contributed by atoms with van der Waals surface area (Å²) < 4.78 is 13.5. The first kappa shape index (κ1) is 22.6. The molecule has 8 heteroatoms. The Bertz CT molecular complexity index is 1230. The third kappa shape index (κ3) is 6.00. The molecule has 3 aromatic heterocycles. The summed E-state index contributed by atoms with van der Waals surface area (Å²) in [6.07, 6.45) is 3.96. The van der Waals surface area contributed by atoms with E-state index in [-0.39, 0.29) is 18.3 Å². The van der Waals surface area contributed by atoms with E-state index in [1.165, 1.54) is 23.5 Å². The van der Waals surface area contributed by atoms with Crippen molar-refractivity contribution in [2.75, 3.05) is 11.9 Å². The van der Waals surface area contributed by atoms with Gasteiger partial charge in [0.05, 0.1) is 22.7 Å². The van der Waals surface area contributed by atoms with Crippen molar-refractivity contribution in [3.05, 3.63) is 100 Å². The Morgan fingerprint density at radius 2 is 1.94 bits per heavy atom. The first-order chi connectivity index (χ1) is 16.1. The number of aromatic nitrogens is 2. The van der Waals surface area contributed by atoms with Gasteiger partial charge < -0.3 is 15.7 Å². The maximum absolute atomic E-state index is 13.5. The van der Waals surface area contributed by atoms with Gasteiger partial charge in [-0.1, -0.05) is 18.2 Å². The van der Waals surface area contributed by atoms with Crippen LogP contribution in [0.4, 0.5) is 10.2 Å². The van der Waals surface area contributed by atoms with Crippen LogP contribution in [-0.2, 0) is 19.6 Å². The monoisotopic (exact) mass is 462 g/mol. The first-order valence-electron chi connectivity index (χ1n) is 10.5. The summed E-state index contributed by atoms with van der Waals surface area (Å²) in [5.41, 5.74) is 2.87. The molecule has 0 aliphatic rings. The number of carbonyl (C=O) groups is 1. The Kier molecular flexibility index (Phi) is 7.39. The van der Waals surface area contributed by atoms with Crippen LogP contribution in [0.1, 0.15) is 26.4 Å². The smallest absolute Gasteiger partial charge is 0.255 e. The Morgan fingerprint density at radius 3 is 2.70 bits per heavy atom. The van der Waals surface area contributed by atoms with E-state index in [0.717, 1.165) is 20.9 Å². The number of benzene rings is 1. The number of halogens is 1. The highest BCUT2D eigenvalue weighted by atomic mass is 32.1. The highest BCUT2D eigenvalue weighted by molar-refractivity contribution is 7.15. The number of anilines is 1. The molecule has 0 bridgehead atoms. The zero-order valence-corrected chi connectivity index (χ0v) is 18.6. The number of amides is 1. The minimum absolute atomic E-state index is 0.0295. The number of thiophene rings is 1. The number of hydrogen-bond acceptors (Lipinski definition) is 6. The van der Waals surface area contributed by atoms with E-state index < -0.39 is 0 Å². The van der Waals surface area contributed by atoms with Gasteiger partial charge >= 0.3 is 0 Å². The summed E-state index contributed by atoms with van der Waals surface area (Å²) in [6, 6.07) is 17.4. The van der Waals surface area contributed by atoms with Gasteiger partial charge in [0, 0.05) is 30.4 Å². The first-order valence-corrected chi connectivity index (χ1v) is 11.3. The number of aliphatic hydroxyl groups is 1. The molecule has 0 spiro atoms. The highest BCUT2D eigenvalue weighted by Crippen LogP contribution is 2.29. The summed E-state index contributed by atoms with van der Waals surface area (Å²) in [5.74, 6) is -0.0830. The van der Waals surface area contributed by atoms with Crippen molar-refractivity contribution < 1.29 is 14.3 Å². The highest BCUT2D eigenvalue weighted by Gasteiger charge is 2.15. The predicted octanol–water partition coefficient (Wildman–Crippen LogP) is 4.42. The Hall–Kier alpha value is -3.62. The molecular formula is C25H23FN4O2S. The molecule has 6 nitrogen and oxygen atoms in total. The lowest BCUT2D eigenvalue weighted by Crippen LogP contribution is -2.24. The van der Waals surface area contributed by atoms with Crippen LogP contribution in [0.3, 0.4) is 0 Å². The van der Waals surface area contributed by atoms with Crippen molar-refractivity contribution in [1.29, 1.82) is 0 Å². The topological polar surface area (TPSA) is 87.1 Å². The van der Waals surface area contributed by atoms with Crippen molar-refractivity contribution >= 4 is 23.1 Å². The standard InChI is InChI=1S/C25H23FN4O2S/c26-19-5-1-3-17(13-19)10-12-28-24-21(25(32)29-15-18-4-2-11-27-14-18)7-8-22(30-24)23-9-6-20(16-31)33-23/h1-9,11,13-14,31H,10,12,15-16H2,(H,28,30)(H,29,32). The average Bonchev–Trinajstić information content (AvgIpc) is 3.33. The van der Waals surface area contributed by atoms with Crippen LogP contribution in [-0.4, -0.2) is 27.5 Å². The third-order valence-electron chi connectivity index (χ3n) is 4.98. The molecule has 0 fully saturated rings. The molecule has 3 N–H and O–H groups in total. The van der Waals surface area contributed by atoms with Gasteiger partial charge in [-0.15, -0.1) is 11.3 Å². The Morgan fingerprint density at radius 1 is 1.06 bits per heavy atom. The molecular weight excluding hydrogens is 439 g/mol. The lowest BCUT2D eigenvalue weighted by molar-refractivity contribution is 0.0951. The van der Waals surface area contributed by atoms with E-state index in [4.69, 9.17) is 0 Å². The summed E-state index contributed by atoms with van der Waals surface area (Å²) in [5, 5.41) is 15.5. The van der Waals surface area contributed by atoms with E-state index in [0.29, 0.717) is 36.6 Å². The van der Waals surface area contributed by atoms with Crippen LogP contribution in [0, 0.1) is 5.82 Å². The molecule has 1 amide bonds. The second-order valence-corrected chi connectivity index (χ2v) is 8.54. The fourth-order valence-electron chi connectivity index (χ4n) is 3.31.